The summed E-state index contributed by atoms with van der Waals surface area (Å²) in [5.41, 5.74) is 4.38. The maximum absolute atomic E-state index is 14.5. The van der Waals surface area contributed by atoms with E-state index >= 15 is 0 Å². The Morgan fingerprint density at radius 2 is 1.96 bits per heavy atom. The normalized spacial score (nSPS) is 14.6. The Labute approximate surface area is 159 Å². The van der Waals surface area contributed by atoms with E-state index in [1.165, 1.54) is 12.8 Å². The second-order valence-corrected chi connectivity index (χ2v) is 7.41. The fourth-order valence-electron chi connectivity index (χ4n) is 4.29. The molecule has 27 heavy (non-hydrogen) atoms. The number of anilines is 2. The van der Waals surface area contributed by atoms with Gasteiger partial charge in [0.15, 0.2) is 0 Å². The maximum atomic E-state index is 14.5. The lowest BCUT2D eigenvalue weighted by atomic mass is 10.1. The van der Waals surface area contributed by atoms with Crippen molar-refractivity contribution >= 4 is 22.4 Å². The van der Waals surface area contributed by atoms with Gasteiger partial charge in [-0.25, -0.2) is 4.39 Å². The topological polar surface area (TPSA) is 42.8 Å². The predicted molar refractivity (Wildman–Crippen MR) is 108 cm³/mol. The minimum atomic E-state index is -0.140. The first-order chi connectivity index (χ1) is 13.1. The second-order valence-electron chi connectivity index (χ2n) is 7.41. The first kappa shape index (κ1) is 17.6. The predicted octanol–water partition coefficient (Wildman–Crippen LogP) is 6.13. The van der Waals surface area contributed by atoms with Crippen LogP contribution in [0.15, 0.2) is 36.4 Å². The molecule has 1 fully saturated rings. The number of rotatable bonds is 4. The zero-order chi connectivity index (χ0) is 19.0. The van der Waals surface area contributed by atoms with Gasteiger partial charge < -0.3 is 9.88 Å². The van der Waals surface area contributed by atoms with Crippen molar-refractivity contribution in [2.24, 2.45) is 0 Å². The summed E-state index contributed by atoms with van der Waals surface area (Å²) in [6.07, 6.45) is 5.31. The number of nitrogens with one attached hydrogen (secondary N) is 1. The van der Waals surface area contributed by atoms with Gasteiger partial charge in [0.1, 0.15) is 11.6 Å². The molecule has 0 spiro atoms. The molecule has 0 unspecified atom stereocenters. The lowest BCUT2D eigenvalue weighted by molar-refractivity contribution is 0.608. The fraction of sp³-hybridized carbons (Fsp3) is 0.348. The minimum Gasteiger partial charge on any atom is -0.341 e. The van der Waals surface area contributed by atoms with E-state index in [9.17, 15) is 9.65 Å². The number of aryl methyl sites for hydroxylation is 2. The number of aromatic nitrogens is 1. The van der Waals surface area contributed by atoms with Crippen molar-refractivity contribution in [1.29, 1.82) is 5.26 Å². The molecular weight excluding hydrogens is 337 g/mol. The molecular formula is C23H24FN3. The van der Waals surface area contributed by atoms with Gasteiger partial charge in [-0.15, -0.1) is 0 Å². The summed E-state index contributed by atoms with van der Waals surface area (Å²) in [7, 11) is 0. The average Bonchev–Trinajstić information content (AvgIpc) is 3.31. The quantitative estimate of drug-likeness (QED) is 0.607. The van der Waals surface area contributed by atoms with Gasteiger partial charge in [-0.2, -0.15) is 5.26 Å². The summed E-state index contributed by atoms with van der Waals surface area (Å²) < 4.78 is 14.5. The third kappa shape index (κ3) is 3.08. The van der Waals surface area contributed by atoms with Gasteiger partial charge in [0, 0.05) is 22.6 Å². The Balaban J connectivity index is 1.86. The molecule has 138 valence electrons. The third-order valence-electron chi connectivity index (χ3n) is 5.79. The van der Waals surface area contributed by atoms with Crippen LogP contribution in [-0.4, -0.2) is 11.0 Å². The van der Waals surface area contributed by atoms with Crippen LogP contribution in [0, 0.1) is 24.1 Å². The molecule has 4 rings (SSSR count). The van der Waals surface area contributed by atoms with Crippen LogP contribution >= 0.6 is 0 Å². The second kappa shape index (κ2) is 7.08. The highest BCUT2D eigenvalue weighted by Crippen LogP contribution is 2.39. The van der Waals surface area contributed by atoms with Crippen LogP contribution in [0.3, 0.4) is 0 Å². The highest BCUT2D eigenvalue weighted by atomic mass is 19.1. The molecule has 1 aliphatic carbocycles. The molecule has 3 aromatic rings. The first-order valence-corrected chi connectivity index (χ1v) is 9.72. The number of hydrogen-bond donors (Lipinski definition) is 1. The monoisotopic (exact) mass is 361 g/mol. The van der Waals surface area contributed by atoms with Crippen LogP contribution in [0.25, 0.3) is 10.9 Å². The first-order valence-electron chi connectivity index (χ1n) is 9.72. The molecule has 0 radical (unpaired) electrons. The average molecular weight is 361 g/mol. The summed E-state index contributed by atoms with van der Waals surface area (Å²) in [6.45, 7) is 4.07. The van der Waals surface area contributed by atoms with Crippen LogP contribution in [0.2, 0.25) is 0 Å². The third-order valence-corrected chi connectivity index (χ3v) is 5.79. The van der Waals surface area contributed by atoms with Crippen molar-refractivity contribution in [3.05, 3.63) is 58.9 Å². The van der Waals surface area contributed by atoms with Crippen molar-refractivity contribution in [2.45, 2.75) is 52.0 Å². The molecule has 1 saturated carbocycles. The molecule has 2 aromatic carbocycles. The molecule has 1 heterocycles. The summed E-state index contributed by atoms with van der Waals surface area (Å²) in [5, 5.41) is 10.3. The number of aromatic amines is 1. The van der Waals surface area contributed by atoms with Gasteiger partial charge in [-0.1, -0.05) is 31.9 Å². The Morgan fingerprint density at radius 1 is 1.19 bits per heavy atom. The van der Waals surface area contributed by atoms with E-state index in [4.69, 9.17) is 0 Å². The number of halogens is 1. The molecule has 1 aromatic heterocycles. The minimum absolute atomic E-state index is 0.140. The van der Waals surface area contributed by atoms with Crippen LogP contribution in [0.5, 0.6) is 0 Å². The number of nitriles is 1. The number of nitrogens with zero attached hydrogens (tertiary/aromatic N) is 2. The van der Waals surface area contributed by atoms with Crippen LogP contribution < -0.4 is 4.90 Å². The molecule has 0 atom stereocenters. The largest absolute Gasteiger partial charge is 0.341 e. The highest BCUT2D eigenvalue weighted by molar-refractivity contribution is 5.91. The molecule has 3 nitrogen and oxygen atoms in total. The van der Waals surface area contributed by atoms with Crippen molar-refractivity contribution in [2.75, 3.05) is 4.90 Å². The Kier molecular flexibility index (Phi) is 4.61. The van der Waals surface area contributed by atoms with Gasteiger partial charge in [0.25, 0.3) is 0 Å². The van der Waals surface area contributed by atoms with Crippen molar-refractivity contribution in [3.63, 3.8) is 0 Å². The van der Waals surface area contributed by atoms with E-state index in [0.29, 0.717) is 18.0 Å². The molecule has 0 saturated heterocycles. The van der Waals surface area contributed by atoms with Gasteiger partial charge >= 0.3 is 0 Å². The lowest BCUT2D eigenvalue weighted by Crippen LogP contribution is -2.29. The summed E-state index contributed by atoms with van der Waals surface area (Å²) >= 11 is 0. The van der Waals surface area contributed by atoms with E-state index in [1.807, 2.05) is 37.3 Å². The maximum Gasteiger partial charge on any atom is 0.128 e. The summed E-state index contributed by atoms with van der Waals surface area (Å²) in [6, 6.07) is 13.9. The SMILES string of the molecule is CCc1ccc(N(c2[nH]c3cc(C#N)ccc3c2C)C2CCCC2)cc1F. The standard InChI is InChI=1S/C23H24FN3/c1-3-17-9-10-19(13-21(17)24)27(18-6-4-5-7-18)23-15(2)20-11-8-16(14-25)12-22(20)26-23/h8-13,18,26H,3-7H2,1-2H3. The fourth-order valence-corrected chi connectivity index (χ4v) is 4.29. The number of H-pyrrole nitrogens is 1. The van der Waals surface area contributed by atoms with Crippen LogP contribution in [-0.2, 0) is 6.42 Å². The number of fused-ring (bicyclic) bond motifs is 1. The van der Waals surface area contributed by atoms with E-state index in [0.717, 1.165) is 46.4 Å². The summed E-state index contributed by atoms with van der Waals surface area (Å²) in [5.74, 6) is 0.870. The van der Waals surface area contributed by atoms with E-state index in [2.05, 4.69) is 22.9 Å². The van der Waals surface area contributed by atoms with Crippen molar-refractivity contribution in [3.8, 4) is 6.07 Å². The Bertz CT molecular complexity index is 1020. The Morgan fingerprint density at radius 3 is 2.63 bits per heavy atom. The zero-order valence-corrected chi connectivity index (χ0v) is 15.8. The smallest absolute Gasteiger partial charge is 0.128 e. The highest BCUT2D eigenvalue weighted by Gasteiger charge is 2.27. The Hall–Kier alpha value is -2.80. The molecule has 0 bridgehead atoms. The molecule has 1 N–H and O–H groups in total. The summed E-state index contributed by atoms with van der Waals surface area (Å²) in [4.78, 5) is 5.79. The van der Waals surface area contributed by atoms with Gasteiger partial charge in [-0.05, 0) is 61.6 Å². The van der Waals surface area contributed by atoms with Crippen molar-refractivity contribution < 1.29 is 4.39 Å². The molecule has 0 aliphatic heterocycles. The molecule has 0 amide bonds. The van der Waals surface area contributed by atoms with E-state index in [-0.39, 0.29) is 5.82 Å². The van der Waals surface area contributed by atoms with E-state index < -0.39 is 0 Å². The number of hydrogen-bond acceptors (Lipinski definition) is 2. The van der Waals surface area contributed by atoms with Gasteiger partial charge in [0.2, 0.25) is 0 Å². The lowest BCUT2D eigenvalue weighted by Gasteiger charge is -2.31. The number of benzene rings is 2. The molecule has 4 heteroatoms. The van der Waals surface area contributed by atoms with Crippen molar-refractivity contribution in [1.82, 2.24) is 4.98 Å². The van der Waals surface area contributed by atoms with Crippen LogP contribution in [0.4, 0.5) is 15.9 Å². The molecule has 1 aliphatic rings. The zero-order valence-electron chi connectivity index (χ0n) is 15.8. The van der Waals surface area contributed by atoms with Crippen LogP contribution in [0.1, 0.15) is 49.3 Å². The van der Waals surface area contributed by atoms with Gasteiger partial charge in [0.05, 0.1) is 11.6 Å². The van der Waals surface area contributed by atoms with E-state index in [1.54, 1.807) is 6.07 Å². The van der Waals surface area contributed by atoms with Gasteiger partial charge in [-0.3, -0.25) is 0 Å².